The molecule has 0 spiro atoms. The van der Waals surface area contributed by atoms with Crippen LogP contribution in [0, 0.1) is 5.92 Å². The molecule has 1 saturated heterocycles. The standard InChI is InChI=1S/C23H28O10/c1-6-11(2)21(27)33-20-18-12(3)22(28)32-17(18)8-14(10-24)7-15(26)9-16(23(29)30-5)19(20)31-13(4)25/h6,8-9,15,17-20,24,26H,3,7,10H2,1-2,4-5H3/b11-6-,14-8+,16-9+/t15-,17-,18+,19-,20+/m1/s1. The minimum Gasteiger partial charge on any atom is -0.466 e. The molecule has 1 aliphatic heterocycles. The van der Waals surface area contributed by atoms with Crippen LogP contribution >= 0.6 is 0 Å². The number of allylic oxidation sites excluding steroid dienone is 1. The fourth-order valence-corrected chi connectivity index (χ4v) is 3.62. The van der Waals surface area contributed by atoms with E-state index in [1.54, 1.807) is 6.92 Å². The van der Waals surface area contributed by atoms with Gasteiger partial charge in [-0.2, -0.15) is 0 Å². The topological polar surface area (TPSA) is 146 Å². The fourth-order valence-electron chi connectivity index (χ4n) is 3.62. The summed E-state index contributed by atoms with van der Waals surface area (Å²) in [4.78, 5) is 49.7. The van der Waals surface area contributed by atoms with Gasteiger partial charge < -0.3 is 29.2 Å². The number of carbonyl (C=O) groups is 4. The van der Waals surface area contributed by atoms with Crippen LogP contribution in [0.25, 0.3) is 0 Å². The van der Waals surface area contributed by atoms with Crippen molar-refractivity contribution in [2.75, 3.05) is 13.7 Å². The molecular formula is C23H28O10. The quantitative estimate of drug-likeness (QED) is 0.258. The van der Waals surface area contributed by atoms with Gasteiger partial charge in [-0.25, -0.2) is 14.4 Å². The molecule has 2 N–H and O–H groups in total. The minimum atomic E-state index is -1.55. The van der Waals surface area contributed by atoms with Crippen LogP contribution in [0.15, 0.2) is 47.1 Å². The van der Waals surface area contributed by atoms with Gasteiger partial charge in [-0.1, -0.05) is 12.7 Å². The van der Waals surface area contributed by atoms with Gasteiger partial charge in [0.15, 0.2) is 12.2 Å². The first kappa shape index (κ1) is 26.0. The largest absolute Gasteiger partial charge is 0.466 e. The molecule has 0 aromatic carbocycles. The number of aliphatic hydroxyl groups is 2. The number of hydrogen-bond donors (Lipinski definition) is 2. The van der Waals surface area contributed by atoms with E-state index in [1.807, 2.05) is 0 Å². The van der Waals surface area contributed by atoms with Gasteiger partial charge in [0.2, 0.25) is 0 Å². The van der Waals surface area contributed by atoms with Crippen molar-refractivity contribution in [3.05, 3.63) is 47.1 Å². The van der Waals surface area contributed by atoms with Crippen LogP contribution in [-0.4, -0.2) is 72.2 Å². The van der Waals surface area contributed by atoms with Crippen LogP contribution in [0.3, 0.4) is 0 Å². The van der Waals surface area contributed by atoms with Gasteiger partial charge in [0.1, 0.15) is 6.10 Å². The zero-order chi connectivity index (χ0) is 24.9. The van der Waals surface area contributed by atoms with Gasteiger partial charge in [-0.15, -0.1) is 0 Å². The first-order chi connectivity index (χ1) is 15.5. The average molecular weight is 464 g/mol. The number of fused-ring (bicyclic) bond motifs is 1. The first-order valence-corrected chi connectivity index (χ1v) is 10.2. The third kappa shape index (κ3) is 5.96. The Labute approximate surface area is 191 Å². The first-order valence-electron chi connectivity index (χ1n) is 10.2. The van der Waals surface area contributed by atoms with Crippen molar-refractivity contribution in [1.82, 2.24) is 0 Å². The second kappa shape index (κ2) is 11.1. The summed E-state index contributed by atoms with van der Waals surface area (Å²) in [5.74, 6) is -4.41. The summed E-state index contributed by atoms with van der Waals surface area (Å²) < 4.78 is 21.2. The lowest BCUT2D eigenvalue weighted by Gasteiger charge is -2.33. The van der Waals surface area contributed by atoms with E-state index in [2.05, 4.69) is 6.58 Å². The Kier molecular flexibility index (Phi) is 8.72. The molecule has 0 unspecified atom stereocenters. The van der Waals surface area contributed by atoms with Crippen LogP contribution in [0.2, 0.25) is 0 Å². The van der Waals surface area contributed by atoms with Crippen LogP contribution in [-0.2, 0) is 38.1 Å². The molecule has 10 nitrogen and oxygen atoms in total. The Morgan fingerprint density at radius 3 is 2.45 bits per heavy atom. The zero-order valence-corrected chi connectivity index (χ0v) is 18.9. The minimum absolute atomic E-state index is 0.0769. The van der Waals surface area contributed by atoms with Crippen molar-refractivity contribution < 1.29 is 48.3 Å². The van der Waals surface area contributed by atoms with E-state index < -0.39 is 60.8 Å². The van der Waals surface area contributed by atoms with Crippen LogP contribution < -0.4 is 0 Å². The zero-order valence-electron chi connectivity index (χ0n) is 18.9. The Morgan fingerprint density at radius 2 is 1.91 bits per heavy atom. The molecule has 1 heterocycles. The molecule has 2 rings (SSSR count). The molecule has 2 aliphatic rings. The molecule has 1 aliphatic carbocycles. The summed E-state index contributed by atoms with van der Waals surface area (Å²) in [6.45, 7) is 7.47. The number of esters is 4. The Balaban J connectivity index is 2.79. The Bertz CT molecular complexity index is 926. The molecule has 0 amide bonds. The summed E-state index contributed by atoms with van der Waals surface area (Å²) in [6.07, 6.45) is -1.47. The summed E-state index contributed by atoms with van der Waals surface area (Å²) in [6, 6.07) is 0. The van der Waals surface area contributed by atoms with Gasteiger partial charge >= 0.3 is 23.9 Å². The molecule has 5 atom stereocenters. The van der Waals surface area contributed by atoms with Crippen molar-refractivity contribution in [1.29, 1.82) is 0 Å². The van der Waals surface area contributed by atoms with E-state index in [1.165, 1.54) is 19.1 Å². The van der Waals surface area contributed by atoms with E-state index >= 15 is 0 Å². The van der Waals surface area contributed by atoms with Crippen molar-refractivity contribution in [2.24, 2.45) is 5.92 Å². The predicted molar refractivity (Wildman–Crippen MR) is 113 cm³/mol. The molecule has 10 heteroatoms. The molecule has 0 aromatic heterocycles. The maximum atomic E-state index is 12.7. The molecule has 33 heavy (non-hydrogen) atoms. The molecule has 0 bridgehead atoms. The van der Waals surface area contributed by atoms with E-state index in [0.29, 0.717) is 5.57 Å². The molecule has 1 fully saturated rings. The second-order valence-corrected chi connectivity index (χ2v) is 7.66. The highest BCUT2D eigenvalue weighted by Crippen LogP contribution is 2.38. The summed E-state index contributed by atoms with van der Waals surface area (Å²) in [7, 11) is 1.09. The second-order valence-electron chi connectivity index (χ2n) is 7.66. The van der Waals surface area contributed by atoms with Gasteiger partial charge in [0.25, 0.3) is 0 Å². The van der Waals surface area contributed by atoms with E-state index in [4.69, 9.17) is 18.9 Å². The molecule has 0 radical (unpaired) electrons. The predicted octanol–water partition coefficient (Wildman–Crippen LogP) is 0.677. The van der Waals surface area contributed by atoms with Gasteiger partial charge in [0.05, 0.1) is 31.3 Å². The van der Waals surface area contributed by atoms with Crippen LogP contribution in [0.4, 0.5) is 0 Å². The van der Waals surface area contributed by atoms with E-state index in [9.17, 15) is 29.4 Å². The average Bonchev–Trinajstić information content (AvgIpc) is 3.04. The monoisotopic (exact) mass is 464 g/mol. The highest BCUT2D eigenvalue weighted by molar-refractivity contribution is 5.93. The van der Waals surface area contributed by atoms with Gasteiger partial charge in [-0.05, 0) is 31.6 Å². The summed E-state index contributed by atoms with van der Waals surface area (Å²) in [5, 5.41) is 20.3. The summed E-state index contributed by atoms with van der Waals surface area (Å²) >= 11 is 0. The third-order valence-corrected chi connectivity index (χ3v) is 5.38. The summed E-state index contributed by atoms with van der Waals surface area (Å²) in [5.41, 5.74) is 0.144. The smallest absolute Gasteiger partial charge is 0.337 e. The van der Waals surface area contributed by atoms with Gasteiger partial charge in [-0.3, -0.25) is 4.79 Å². The highest BCUT2D eigenvalue weighted by Gasteiger charge is 2.50. The number of rotatable bonds is 5. The molecular weight excluding hydrogens is 436 g/mol. The van der Waals surface area contributed by atoms with Crippen molar-refractivity contribution in [3.63, 3.8) is 0 Å². The fraction of sp³-hybridized carbons (Fsp3) is 0.478. The lowest BCUT2D eigenvalue weighted by Crippen LogP contribution is -2.46. The molecule has 180 valence electrons. The third-order valence-electron chi connectivity index (χ3n) is 5.38. The van der Waals surface area contributed by atoms with E-state index in [-0.39, 0.29) is 23.1 Å². The van der Waals surface area contributed by atoms with Crippen LogP contribution in [0.5, 0.6) is 0 Å². The van der Waals surface area contributed by atoms with Crippen molar-refractivity contribution in [2.45, 2.75) is 51.6 Å². The Morgan fingerprint density at radius 1 is 1.24 bits per heavy atom. The normalized spacial score (nSPS) is 31.2. The van der Waals surface area contributed by atoms with Crippen molar-refractivity contribution >= 4 is 23.9 Å². The maximum Gasteiger partial charge on any atom is 0.337 e. The number of ether oxygens (including phenoxy) is 4. The maximum absolute atomic E-state index is 12.7. The lowest BCUT2D eigenvalue weighted by molar-refractivity contribution is -0.167. The van der Waals surface area contributed by atoms with Gasteiger partial charge in [0, 0.05) is 24.5 Å². The SMILES string of the molecule is C=C1C(=O)O[C@@H]2/C=C(/CO)C[C@@H](O)/C=C(/C(=O)OC)[C@@H](OC(C)=O)[C@@H](OC(=O)/C(C)=C\C)[C@@H]12. The van der Waals surface area contributed by atoms with E-state index in [0.717, 1.165) is 20.1 Å². The lowest BCUT2D eigenvalue weighted by atomic mass is 9.83. The number of methoxy groups -OCH3 is 1. The number of aliphatic hydroxyl groups excluding tert-OH is 2. The highest BCUT2D eigenvalue weighted by atomic mass is 16.6. The molecule has 0 aromatic rings. The number of hydrogen-bond acceptors (Lipinski definition) is 10. The Hall–Kier alpha value is -3.24. The number of carbonyl (C=O) groups excluding carboxylic acids is 4. The van der Waals surface area contributed by atoms with Crippen molar-refractivity contribution in [3.8, 4) is 0 Å². The van der Waals surface area contributed by atoms with Crippen LogP contribution in [0.1, 0.15) is 27.2 Å². The molecule has 0 saturated carbocycles.